The lowest BCUT2D eigenvalue weighted by Gasteiger charge is -2.31. The van der Waals surface area contributed by atoms with Crippen LogP contribution in [-0.4, -0.2) is 54.7 Å². The number of likely N-dealkylation sites (tertiary alicyclic amines) is 1. The third-order valence-corrected chi connectivity index (χ3v) is 4.47. The van der Waals surface area contributed by atoms with Crippen LogP contribution in [0, 0.1) is 0 Å². The Kier molecular flexibility index (Phi) is 5.78. The van der Waals surface area contributed by atoms with E-state index in [9.17, 15) is 4.79 Å². The van der Waals surface area contributed by atoms with Crippen molar-refractivity contribution in [2.24, 2.45) is 0 Å². The molecule has 1 fully saturated rings. The van der Waals surface area contributed by atoms with Crippen molar-refractivity contribution < 1.29 is 14.6 Å². The summed E-state index contributed by atoms with van der Waals surface area (Å²) in [5.41, 5.74) is 0. The van der Waals surface area contributed by atoms with E-state index >= 15 is 0 Å². The molecule has 2 heterocycles. The van der Waals surface area contributed by atoms with Crippen LogP contribution < -0.4 is 0 Å². The fraction of sp³-hybridized carbons (Fsp3) is 0.615. The van der Waals surface area contributed by atoms with Gasteiger partial charge in [0.2, 0.25) is 0 Å². The minimum absolute atomic E-state index is 0.0673. The summed E-state index contributed by atoms with van der Waals surface area (Å²) < 4.78 is 6.15. The molecule has 0 amide bonds. The zero-order chi connectivity index (χ0) is 13.7. The van der Waals surface area contributed by atoms with E-state index in [1.807, 2.05) is 0 Å². The Hall–Kier alpha value is -0.460. The molecule has 0 aliphatic carbocycles. The summed E-state index contributed by atoms with van der Waals surface area (Å²) in [5, 5.41) is 8.71. The molecule has 0 unspecified atom stereocenters. The maximum atomic E-state index is 12.0. The van der Waals surface area contributed by atoms with Crippen LogP contribution in [0.1, 0.15) is 22.5 Å². The van der Waals surface area contributed by atoms with Crippen LogP contribution in [0.2, 0.25) is 4.34 Å². The zero-order valence-electron chi connectivity index (χ0n) is 10.7. The van der Waals surface area contributed by atoms with Crippen molar-refractivity contribution in [1.29, 1.82) is 0 Å². The summed E-state index contributed by atoms with van der Waals surface area (Å²) in [4.78, 5) is 14.9. The fourth-order valence-electron chi connectivity index (χ4n) is 2.20. The lowest BCUT2D eigenvalue weighted by Crippen LogP contribution is -2.40. The standard InChI is InChI=1S/C13H18ClNO3S/c14-13-2-1-12(19-13)11(17)9-15-5-3-10(4-6-15)18-8-7-16/h1-2,10,16H,3-9H2. The molecule has 0 radical (unpaired) electrons. The molecule has 1 saturated heterocycles. The first-order valence-corrected chi connectivity index (χ1v) is 7.62. The van der Waals surface area contributed by atoms with Crippen molar-refractivity contribution in [1.82, 2.24) is 4.90 Å². The minimum atomic E-state index is 0.0673. The summed E-state index contributed by atoms with van der Waals surface area (Å²) in [6.07, 6.45) is 2.05. The Labute approximate surface area is 121 Å². The quantitative estimate of drug-likeness (QED) is 0.817. The van der Waals surface area contributed by atoms with Crippen LogP contribution in [0.25, 0.3) is 0 Å². The van der Waals surface area contributed by atoms with Gasteiger partial charge in [-0.1, -0.05) is 11.6 Å². The second-order valence-electron chi connectivity index (χ2n) is 4.60. The van der Waals surface area contributed by atoms with Gasteiger partial charge in [0.05, 0.1) is 35.1 Å². The van der Waals surface area contributed by atoms with Crippen LogP contribution in [0.3, 0.4) is 0 Å². The molecule has 0 atom stereocenters. The van der Waals surface area contributed by atoms with Crippen molar-refractivity contribution in [2.45, 2.75) is 18.9 Å². The van der Waals surface area contributed by atoms with Crippen molar-refractivity contribution in [3.8, 4) is 0 Å². The van der Waals surface area contributed by atoms with Crippen LogP contribution in [-0.2, 0) is 4.74 Å². The molecule has 0 spiro atoms. The first-order chi connectivity index (χ1) is 9.19. The number of nitrogens with zero attached hydrogens (tertiary/aromatic N) is 1. The lowest BCUT2D eigenvalue weighted by molar-refractivity contribution is -0.00687. The van der Waals surface area contributed by atoms with Gasteiger partial charge in [0.15, 0.2) is 5.78 Å². The van der Waals surface area contributed by atoms with E-state index in [0.29, 0.717) is 17.5 Å². The Bertz CT molecular complexity index is 416. The summed E-state index contributed by atoms with van der Waals surface area (Å²) in [5.74, 6) is 0.131. The third-order valence-electron chi connectivity index (χ3n) is 3.19. The molecule has 1 aliphatic rings. The molecule has 106 valence electrons. The Balaban J connectivity index is 1.75. The van der Waals surface area contributed by atoms with E-state index < -0.39 is 0 Å². The largest absolute Gasteiger partial charge is 0.394 e. The molecule has 4 nitrogen and oxygen atoms in total. The molecule has 0 aromatic carbocycles. The number of rotatable bonds is 6. The summed E-state index contributed by atoms with van der Waals surface area (Å²) in [7, 11) is 0. The predicted molar refractivity (Wildman–Crippen MR) is 76.2 cm³/mol. The van der Waals surface area contributed by atoms with Crippen molar-refractivity contribution in [3.05, 3.63) is 21.3 Å². The number of hydrogen-bond donors (Lipinski definition) is 1. The molecular weight excluding hydrogens is 286 g/mol. The number of hydrogen-bond acceptors (Lipinski definition) is 5. The number of thiophene rings is 1. The first-order valence-electron chi connectivity index (χ1n) is 6.42. The maximum Gasteiger partial charge on any atom is 0.186 e. The number of piperidine rings is 1. The molecule has 0 saturated carbocycles. The van der Waals surface area contributed by atoms with Gasteiger partial charge < -0.3 is 9.84 Å². The van der Waals surface area contributed by atoms with Crippen molar-refractivity contribution in [3.63, 3.8) is 0 Å². The van der Waals surface area contributed by atoms with Crippen LogP contribution in [0.15, 0.2) is 12.1 Å². The molecule has 2 rings (SSSR count). The van der Waals surface area contributed by atoms with E-state index in [2.05, 4.69) is 4.90 Å². The first kappa shape index (κ1) is 14.9. The molecule has 1 N–H and O–H groups in total. The van der Waals surface area contributed by atoms with E-state index in [0.717, 1.165) is 30.8 Å². The van der Waals surface area contributed by atoms with Crippen LogP contribution in [0.5, 0.6) is 0 Å². The molecule has 1 aliphatic heterocycles. The molecular formula is C13H18ClNO3S. The number of carbonyl (C=O) groups is 1. The monoisotopic (exact) mass is 303 g/mol. The molecule has 19 heavy (non-hydrogen) atoms. The highest BCUT2D eigenvalue weighted by Crippen LogP contribution is 2.22. The number of ketones is 1. The SMILES string of the molecule is O=C(CN1CCC(OCCO)CC1)c1ccc(Cl)s1. The van der Waals surface area contributed by atoms with Gasteiger partial charge in [-0.3, -0.25) is 9.69 Å². The van der Waals surface area contributed by atoms with E-state index in [-0.39, 0.29) is 18.5 Å². The number of ether oxygens (including phenoxy) is 1. The molecule has 0 bridgehead atoms. The Morgan fingerprint density at radius 1 is 1.47 bits per heavy atom. The van der Waals surface area contributed by atoms with Crippen LogP contribution in [0.4, 0.5) is 0 Å². The Morgan fingerprint density at radius 2 is 2.21 bits per heavy atom. The van der Waals surface area contributed by atoms with Crippen LogP contribution >= 0.6 is 22.9 Å². The summed E-state index contributed by atoms with van der Waals surface area (Å²) in [6, 6.07) is 3.54. The number of Topliss-reactive ketones (excluding diaryl/α,β-unsaturated/α-hetero) is 1. The van der Waals surface area contributed by atoms with Gasteiger partial charge in [-0.2, -0.15) is 0 Å². The van der Waals surface area contributed by atoms with E-state index in [1.54, 1.807) is 12.1 Å². The molecule has 1 aromatic heterocycles. The number of halogens is 1. The van der Waals surface area contributed by atoms with Gasteiger partial charge >= 0.3 is 0 Å². The highest BCUT2D eigenvalue weighted by atomic mass is 35.5. The van der Waals surface area contributed by atoms with Gasteiger partial charge in [-0.05, 0) is 25.0 Å². The number of aliphatic hydroxyl groups excluding tert-OH is 1. The van der Waals surface area contributed by atoms with Gasteiger partial charge in [0, 0.05) is 13.1 Å². The second kappa shape index (κ2) is 7.36. The number of carbonyl (C=O) groups excluding carboxylic acids is 1. The van der Waals surface area contributed by atoms with Gasteiger partial charge in [-0.25, -0.2) is 0 Å². The molecule has 1 aromatic rings. The normalized spacial score (nSPS) is 17.8. The average molecular weight is 304 g/mol. The Morgan fingerprint density at radius 3 is 2.79 bits per heavy atom. The highest BCUT2D eigenvalue weighted by molar-refractivity contribution is 7.18. The van der Waals surface area contributed by atoms with Gasteiger partial charge in [0.25, 0.3) is 0 Å². The van der Waals surface area contributed by atoms with Crippen molar-refractivity contribution >= 4 is 28.7 Å². The number of aliphatic hydroxyl groups is 1. The average Bonchev–Trinajstić information content (AvgIpc) is 2.85. The predicted octanol–water partition coefficient (Wildman–Crippen LogP) is 2.06. The van der Waals surface area contributed by atoms with E-state index in [1.165, 1.54) is 11.3 Å². The maximum absolute atomic E-state index is 12.0. The van der Waals surface area contributed by atoms with Gasteiger partial charge in [0.1, 0.15) is 0 Å². The topological polar surface area (TPSA) is 49.8 Å². The summed E-state index contributed by atoms with van der Waals surface area (Å²) >= 11 is 7.16. The molecule has 6 heteroatoms. The summed E-state index contributed by atoms with van der Waals surface area (Å²) in [6.45, 7) is 2.64. The second-order valence-corrected chi connectivity index (χ2v) is 6.31. The van der Waals surface area contributed by atoms with E-state index in [4.69, 9.17) is 21.4 Å². The smallest absolute Gasteiger partial charge is 0.186 e. The zero-order valence-corrected chi connectivity index (χ0v) is 12.3. The third kappa shape index (κ3) is 4.54. The fourth-order valence-corrected chi connectivity index (χ4v) is 3.17. The highest BCUT2D eigenvalue weighted by Gasteiger charge is 2.22. The lowest BCUT2D eigenvalue weighted by atomic mass is 10.1. The van der Waals surface area contributed by atoms with Crippen molar-refractivity contribution in [2.75, 3.05) is 32.8 Å². The van der Waals surface area contributed by atoms with Gasteiger partial charge in [-0.15, -0.1) is 11.3 Å². The minimum Gasteiger partial charge on any atom is -0.394 e.